The summed E-state index contributed by atoms with van der Waals surface area (Å²) in [5.74, 6) is 1.60. The maximum Gasteiger partial charge on any atom is 0.271 e. The van der Waals surface area contributed by atoms with E-state index in [1.807, 2.05) is 41.0 Å². The number of halogens is 2. The molecule has 0 fully saturated rings. The number of benzene rings is 3. The zero-order valence-corrected chi connectivity index (χ0v) is 26.2. The van der Waals surface area contributed by atoms with Crippen molar-refractivity contribution in [1.29, 1.82) is 0 Å². The normalized spacial score (nSPS) is 16.2. The lowest BCUT2D eigenvalue weighted by atomic mass is 9.83. The molecule has 2 aliphatic rings. The molecule has 8 heteroatoms. The van der Waals surface area contributed by atoms with Gasteiger partial charge >= 0.3 is 0 Å². The predicted molar refractivity (Wildman–Crippen MR) is 173 cm³/mol. The van der Waals surface area contributed by atoms with Gasteiger partial charge in [0.2, 0.25) is 0 Å². The number of hydrogen-bond donors (Lipinski definition) is 0. The lowest BCUT2D eigenvalue weighted by molar-refractivity contribution is 0.358. The van der Waals surface area contributed by atoms with Crippen LogP contribution in [0.3, 0.4) is 0 Å². The van der Waals surface area contributed by atoms with Crippen molar-refractivity contribution in [2.75, 3.05) is 13.7 Å². The SMILES string of the molecule is C=CCOc1c(I)cc(C=c2sc3n(c2=O)C(c2ccccc2OC)C2=C(N=3)c3ccccc3CC2)cc1I. The van der Waals surface area contributed by atoms with E-state index in [1.54, 1.807) is 13.2 Å². The first-order valence-corrected chi connectivity index (χ1v) is 15.5. The average molecular weight is 758 g/mol. The average Bonchev–Trinajstić information content (AvgIpc) is 3.25. The number of aryl methyl sites for hydroxylation is 1. The number of aromatic nitrogens is 1. The van der Waals surface area contributed by atoms with Crippen molar-refractivity contribution in [1.82, 2.24) is 4.57 Å². The second-order valence-corrected chi connectivity index (χ2v) is 12.6. The highest BCUT2D eigenvalue weighted by atomic mass is 127. The van der Waals surface area contributed by atoms with Crippen LogP contribution in [0.4, 0.5) is 0 Å². The molecule has 1 atom stereocenters. The topological polar surface area (TPSA) is 52.8 Å². The Morgan fingerprint density at radius 3 is 2.62 bits per heavy atom. The fourth-order valence-corrected chi connectivity index (χ4v) is 8.41. The molecule has 2 heterocycles. The molecule has 0 saturated heterocycles. The molecule has 0 spiro atoms. The molecule has 5 nitrogen and oxygen atoms in total. The molecular weight excluding hydrogens is 734 g/mol. The van der Waals surface area contributed by atoms with Crippen LogP contribution in [0.2, 0.25) is 0 Å². The van der Waals surface area contributed by atoms with E-state index in [1.165, 1.54) is 16.9 Å². The van der Waals surface area contributed by atoms with Crippen LogP contribution in [0.15, 0.2) is 88.7 Å². The summed E-state index contributed by atoms with van der Waals surface area (Å²) < 4.78 is 16.1. The molecule has 1 aromatic heterocycles. The van der Waals surface area contributed by atoms with Gasteiger partial charge in [-0.3, -0.25) is 9.36 Å². The van der Waals surface area contributed by atoms with Crippen molar-refractivity contribution in [2.45, 2.75) is 18.9 Å². The first-order chi connectivity index (χ1) is 19.0. The Balaban J connectivity index is 1.57. The van der Waals surface area contributed by atoms with E-state index in [4.69, 9.17) is 14.5 Å². The number of methoxy groups -OCH3 is 1. The maximum absolute atomic E-state index is 14.1. The van der Waals surface area contributed by atoms with Gasteiger partial charge in [0, 0.05) is 11.1 Å². The van der Waals surface area contributed by atoms with Gasteiger partial charge in [-0.15, -0.1) is 0 Å². The first kappa shape index (κ1) is 26.5. The smallest absolute Gasteiger partial charge is 0.271 e. The highest BCUT2D eigenvalue weighted by Crippen LogP contribution is 2.43. The van der Waals surface area contributed by atoms with Crippen molar-refractivity contribution in [3.05, 3.63) is 128 Å². The third-order valence-electron chi connectivity index (χ3n) is 6.97. The monoisotopic (exact) mass is 758 g/mol. The molecule has 1 unspecified atom stereocenters. The molecule has 3 aromatic carbocycles. The molecule has 39 heavy (non-hydrogen) atoms. The summed E-state index contributed by atoms with van der Waals surface area (Å²) >= 11 is 5.99. The second-order valence-electron chi connectivity index (χ2n) is 9.27. The van der Waals surface area contributed by atoms with Crippen LogP contribution in [-0.2, 0) is 6.42 Å². The summed E-state index contributed by atoms with van der Waals surface area (Å²) in [6, 6.07) is 20.2. The molecule has 0 bridgehead atoms. The van der Waals surface area contributed by atoms with E-state index in [0.29, 0.717) is 15.9 Å². The van der Waals surface area contributed by atoms with Crippen LogP contribution < -0.4 is 24.4 Å². The largest absolute Gasteiger partial charge is 0.496 e. The van der Waals surface area contributed by atoms with Crippen LogP contribution in [0.5, 0.6) is 11.5 Å². The van der Waals surface area contributed by atoms with Gasteiger partial charge in [-0.1, -0.05) is 66.5 Å². The van der Waals surface area contributed by atoms with Gasteiger partial charge in [-0.2, -0.15) is 0 Å². The number of ether oxygens (including phenoxy) is 2. The summed E-state index contributed by atoms with van der Waals surface area (Å²) in [7, 11) is 1.68. The number of thiazole rings is 1. The van der Waals surface area contributed by atoms with E-state index in [-0.39, 0.29) is 11.6 Å². The Kier molecular flexibility index (Phi) is 7.52. The molecular formula is C31H24I2N2O3S. The summed E-state index contributed by atoms with van der Waals surface area (Å²) in [5, 5.41) is 0. The van der Waals surface area contributed by atoms with Crippen LogP contribution >= 0.6 is 56.5 Å². The molecule has 0 amide bonds. The molecule has 0 radical (unpaired) electrons. The minimum atomic E-state index is -0.280. The van der Waals surface area contributed by atoms with Gasteiger partial charge in [0.1, 0.15) is 18.1 Å². The lowest BCUT2D eigenvalue weighted by Gasteiger charge is -2.31. The zero-order chi connectivity index (χ0) is 27.1. The van der Waals surface area contributed by atoms with Crippen molar-refractivity contribution in [3.63, 3.8) is 0 Å². The first-order valence-electron chi connectivity index (χ1n) is 12.5. The fraction of sp³-hybridized carbons (Fsp3) is 0.161. The Hall–Kier alpha value is -2.70. The summed E-state index contributed by atoms with van der Waals surface area (Å²) in [5.41, 5.74) is 6.46. The van der Waals surface area contributed by atoms with Crippen molar-refractivity contribution < 1.29 is 9.47 Å². The van der Waals surface area contributed by atoms with E-state index in [9.17, 15) is 4.79 Å². The van der Waals surface area contributed by atoms with Gasteiger partial charge in [0.05, 0.1) is 30.5 Å². The second kappa shape index (κ2) is 11.1. The number of allylic oxidation sites excluding steroid dienone is 1. The molecule has 6 rings (SSSR count). The highest BCUT2D eigenvalue weighted by molar-refractivity contribution is 14.1. The molecule has 4 aromatic rings. The number of nitrogens with zero attached hydrogens (tertiary/aromatic N) is 2. The Labute approximate surface area is 257 Å². The van der Waals surface area contributed by atoms with E-state index < -0.39 is 0 Å². The molecule has 0 N–H and O–H groups in total. The predicted octanol–water partition coefficient (Wildman–Crippen LogP) is 6.10. The minimum Gasteiger partial charge on any atom is -0.496 e. The summed E-state index contributed by atoms with van der Waals surface area (Å²) in [4.78, 5) is 19.9. The quantitative estimate of drug-likeness (QED) is 0.177. The number of para-hydroxylation sites is 1. The Morgan fingerprint density at radius 2 is 1.85 bits per heavy atom. The van der Waals surface area contributed by atoms with Crippen molar-refractivity contribution >= 4 is 68.3 Å². The van der Waals surface area contributed by atoms with Crippen LogP contribution in [0.1, 0.15) is 34.7 Å². The number of hydrogen-bond acceptors (Lipinski definition) is 5. The third-order valence-corrected chi connectivity index (χ3v) is 9.56. The van der Waals surface area contributed by atoms with Crippen LogP contribution in [0.25, 0.3) is 11.8 Å². The van der Waals surface area contributed by atoms with Crippen molar-refractivity contribution in [3.8, 4) is 11.5 Å². The van der Waals surface area contributed by atoms with E-state index >= 15 is 0 Å². The molecule has 1 aliphatic heterocycles. The van der Waals surface area contributed by atoms with Gasteiger partial charge in [-0.05, 0) is 99.0 Å². The standard InChI is InChI=1S/C31H24I2N2O3S/c1-3-14-38-29-23(32)15-18(16-24(29)33)17-26-30(36)35-28(21-10-6-7-11-25(21)37-2)22-13-12-19-8-4-5-9-20(19)27(22)34-31(35)39-26/h3-11,15-17,28H,1,12-14H2,2H3. The molecule has 1 aliphatic carbocycles. The van der Waals surface area contributed by atoms with Gasteiger partial charge < -0.3 is 9.47 Å². The van der Waals surface area contributed by atoms with E-state index in [0.717, 1.165) is 59.4 Å². The van der Waals surface area contributed by atoms with Gasteiger partial charge in [-0.25, -0.2) is 4.99 Å². The van der Waals surface area contributed by atoms with Gasteiger partial charge in [0.15, 0.2) is 4.80 Å². The third kappa shape index (κ3) is 4.80. The minimum absolute atomic E-state index is 0.0444. The fourth-order valence-electron chi connectivity index (χ4n) is 5.29. The molecule has 0 saturated carbocycles. The van der Waals surface area contributed by atoms with E-state index in [2.05, 4.69) is 82.1 Å². The van der Waals surface area contributed by atoms with Crippen LogP contribution in [-0.4, -0.2) is 18.3 Å². The van der Waals surface area contributed by atoms with Crippen molar-refractivity contribution in [2.24, 2.45) is 4.99 Å². The maximum atomic E-state index is 14.1. The van der Waals surface area contributed by atoms with Crippen LogP contribution in [0, 0.1) is 7.14 Å². The Morgan fingerprint density at radius 1 is 1.10 bits per heavy atom. The Bertz CT molecular complexity index is 1810. The lowest BCUT2D eigenvalue weighted by Crippen LogP contribution is -2.39. The summed E-state index contributed by atoms with van der Waals surface area (Å²) in [6.45, 7) is 4.18. The highest BCUT2D eigenvalue weighted by Gasteiger charge is 2.34. The zero-order valence-electron chi connectivity index (χ0n) is 21.1. The van der Waals surface area contributed by atoms with Gasteiger partial charge in [0.25, 0.3) is 5.56 Å². The number of fused-ring (bicyclic) bond motifs is 3. The summed E-state index contributed by atoms with van der Waals surface area (Å²) in [6.07, 6.45) is 5.45. The number of rotatable bonds is 6. The molecule has 196 valence electrons.